The molecule has 1 atom stereocenters. The van der Waals surface area contributed by atoms with Gasteiger partial charge in [-0.05, 0) is 45.1 Å². The van der Waals surface area contributed by atoms with Gasteiger partial charge in [0.2, 0.25) is 0 Å². The fraction of sp³-hybridized carbons (Fsp3) is 0.667. The van der Waals surface area contributed by atoms with Crippen molar-refractivity contribution in [2.75, 3.05) is 13.2 Å². The third kappa shape index (κ3) is 3.91. The molecule has 0 saturated heterocycles. The van der Waals surface area contributed by atoms with Crippen molar-refractivity contribution in [3.63, 3.8) is 0 Å². The highest BCUT2D eigenvalue weighted by molar-refractivity contribution is 5.25. The molecule has 1 aliphatic rings. The van der Waals surface area contributed by atoms with Crippen LogP contribution in [0.3, 0.4) is 0 Å². The molecule has 1 saturated carbocycles. The van der Waals surface area contributed by atoms with E-state index in [4.69, 9.17) is 9.47 Å². The zero-order chi connectivity index (χ0) is 13.7. The predicted molar refractivity (Wildman–Crippen MR) is 73.1 cm³/mol. The van der Waals surface area contributed by atoms with Crippen molar-refractivity contribution in [2.24, 2.45) is 5.92 Å². The first-order chi connectivity index (χ1) is 9.22. The van der Waals surface area contributed by atoms with Crippen LogP contribution < -0.4 is 4.74 Å². The van der Waals surface area contributed by atoms with Gasteiger partial charge in [0.05, 0.1) is 25.0 Å². The molecule has 0 aliphatic heterocycles. The zero-order valence-corrected chi connectivity index (χ0v) is 11.7. The van der Waals surface area contributed by atoms with Crippen LogP contribution in [0.2, 0.25) is 0 Å². The van der Waals surface area contributed by atoms with Crippen molar-refractivity contribution < 1.29 is 14.6 Å². The maximum Gasteiger partial charge on any atom is 0.137 e. The normalized spacial score (nSPS) is 23.7. The van der Waals surface area contributed by atoms with E-state index in [0.29, 0.717) is 18.6 Å². The van der Waals surface area contributed by atoms with E-state index in [9.17, 15) is 5.11 Å². The van der Waals surface area contributed by atoms with Gasteiger partial charge in [0.1, 0.15) is 5.75 Å². The van der Waals surface area contributed by atoms with Crippen molar-refractivity contribution in [1.29, 1.82) is 0 Å². The number of aromatic nitrogens is 1. The molecule has 19 heavy (non-hydrogen) atoms. The van der Waals surface area contributed by atoms with Crippen molar-refractivity contribution in [3.05, 3.63) is 24.0 Å². The van der Waals surface area contributed by atoms with Gasteiger partial charge in [0.25, 0.3) is 0 Å². The Bertz CT molecular complexity index is 391. The molecule has 1 aliphatic carbocycles. The second-order valence-electron chi connectivity index (χ2n) is 5.05. The average molecular weight is 265 g/mol. The fourth-order valence-corrected chi connectivity index (χ4v) is 2.55. The minimum absolute atomic E-state index is 0.398. The molecule has 1 heterocycles. The van der Waals surface area contributed by atoms with E-state index >= 15 is 0 Å². The van der Waals surface area contributed by atoms with Gasteiger partial charge in [-0.1, -0.05) is 0 Å². The SMILES string of the molecule is CCOc1cncc(C(O)CC2CC(OCC)C2)c1. The zero-order valence-electron chi connectivity index (χ0n) is 11.7. The van der Waals surface area contributed by atoms with Crippen LogP contribution in [-0.4, -0.2) is 29.4 Å². The molecule has 0 spiro atoms. The average Bonchev–Trinajstić information content (AvgIpc) is 2.37. The molecule has 0 aromatic carbocycles. The second kappa shape index (κ2) is 6.87. The second-order valence-corrected chi connectivity index (χ2v) is 5.05. The van der Waals surface area contributed by atoms with E-state index < -0.39 is 6.10 Å². The number of rotatable bonds is 7. The lowest BCUT2D eigenvalue weighted by Crippen LogP contribution is -2.32. The van der Waals surface area contributed by atoms with Gasteiger partial charge in [0, 0.05) is 18.4 Å². The van der Waals surface area contributed by atoms with Crippen LogP contribution in [0.1, 0.15) is 44.8 Å². The maximum absolute atomic E-state index is 10.2. The monoisotopic (exact) mass is 265 g/mol. The molecule has 1 aromatic heterocycles. The van der Waals surface area contributed by atoms with Crippen molar-refractivity contribution in [1.82, 2.24) is 4.98 Å². The van der Waals surface area contributed by atoms with Crippen LogP contribution in [0.15, 0.2) is 18.5 Å². The van der Waals surface area contributed by atoms with Crippen LogP contribution in [0, 0.1) is 5.92 Å². The highest BCUT2D eigenvalue weighted by atomic mass is 16.5. The smallest absolute Gasteiger partial charge is 0.137 e. The summed E-state index contributed by atoms with van der Waals surface area (Å²) >= 11 is 0. The van der Waals surface area contributed by atoms with Crippen molar-refractivity contribution in [3.8, 4) is 5.75 Å². The molecule has 4 heteroatoms. The lowest BCUT2D eigenvalue weighted by atomic mass is 9.78. The molecule has 0 radical (unpaired) electrons. The van der Waals surface area contributed by atoms with Gasteiger partial charge < -0.3 is 14.6 Å². The van der Waals surface area contributed by atoms with Gasteiger partial charge in [-0.2, -0.15) is 0 Å². The Balaban J connectivity index is 1.83. The summed E-state index contributed by atoms with van der Waals surface area (Å²) in [5.74, 6) is 1.28. The summed E-state index contributed by atoms with van der Waals surface area (Å²) in [5, 5.41) is 10.2. The van der Waals surface area contributed by atoms with Gasteiger partial charge in [-0.15, -0.1) is 0 Å². The molecule has 4 nitrogen and oxygen atoms in total. The van der Waals surface area contributed by atoms with Crippen LogP contribution in [0.5, 0.6) is 5.75 Å². The number of hydrogen-bond donors (Lipinski definition) is 1. The molecular weight excluding hydrogens is 242 g/mol. The lowest BCUT2D eigenvalue weighted by molar-refractivity contribution is -0.0380. The fourth-order valence-electron chi connectivity index (χ4n) is 2.55. The summed E-state index contributed by atoms with van der Waals surface area (Å²) in [6.07, 6.45) is 6.23. The number of aliphatic hydroxyl groups excluding tert-OH is 1. The Kier molecular flexibility index (Phi) is 5.16. The first-order valence-corrected chi connectivity index (χ1v) is 7.10. The van der Waals surface area contributed by atoms with E-state index in [0.717, 1.165) is 37.2 Å². The maximum atomic E-state index is 10.2. The molecule has 1 fully saturated rings. The summed E-state index contributed by atoms with van der Waals surface area (Å²) in [6, 6.07) is 1.87. The van der Waals surface area contributed by atoms with Crippen molar-refractivity contribution >= 4 is 0 Å². The number of ether oxygens (including phenoxy) is 2. The van der Waals surface area contributed by atoms with Gasteiger partial charge in [0.15, 0.2) is 0 Å². The highest BCUT2D eigenvalue weighted by Crippen LogP contribution is 2.37. The van der Waals surface area contributed by atoms with Crippen LogP contribution in [0.4, 0.5) is 0 Å². The topological polar surface area (TPSA) is 51.6 Å². The number of hydrogen-bond acceptors (Lipinski definition) is 4. The van der Waals surface area contributed by atoms with E-state index in [-0.39, 0.29) is 0 Å². The van der Waals surface area contributed by atoms with Crippen LogP contribution in [-0.2, 0) is 4.74 Å². The van der Waals surface area contributed by atoms with Gasteiger partial charge >= 0.3 is 0 Å². The Morgan fingerprint density at radius 1 is 1.32 bits per heavy atom. The first kappa shape index (κ1) is 14.3. The van der Waals surface area contributed by atoms with E-state index in [1.54, 1.807) is 12.4 Å². The molecule has 0 amide bonds. The molecule has 0 bridgehead atoms. The Hall–Kier alpha value is -1.13. The number of nitrogens with zero attached hydrogens (tertiary/aromatic N) is 1. The molecule has 1 N–H and O–H groups in total. The van der Waals surface area contributed by atoms with Crippen LogP contribution >= 0.6 is 0 Å². The lowest BCUT2D eigenvalue weighted by Gasteiger charge is -2.36. The minimum Gasteiger partial charge on any atom is -0.492 e. The summed E-state index contributed by atoms with van der Waals surface area (Å²) < 4.78 is 10.9. The Labute approximate surface area is 114 Å². The summed E-state index contributed by atoms with van der Waals surface area (Å²) in [5.41, 5.74) is 0.839. The van der Waals surface area contributed by atoms with E-state index in [2.05, 4.69) is 4.98 Å². The quantitative estimate of drug-likeness (QED) is 0.823. The standard InChI is InChI=1S/C15H23NO3/c1-3-18-13-5-11(6-13)7-15(17)12-8-14(19-4-2)10-16-9-12/h8-11,13,15,17H,3-7H2,1-2H3. The third-order valence-electron chi connectivity index (χ3n) is 3.58. The summed E-state index contributed by atoms with van der Waals surface area (Å²) in [6.45, 7) is 5.35. The molecule has 106 valence electrons. The summed E-state index contributed by atoms with van der Waals surface area (Å²) in [4.78, 5) is 4.11. The molecular formula is C15H23NO3. The van der Waals surface area contributed by atoms with E-state index in [1.807, 2.05) is 19.9 Å². The summed E-state index contributed by atoms with van der Waals surface area (Å²) in [7, 11) is 0. The first-order valence-electron chi connectivity index (χ1n) is 7.10. The third-order valence-corrected chi connectivity index (χ3v) is 3.58. The molecule has 1 aromatic rings. The number of aliphatic hydroxyl groups is 1. The predicted octanol–water partition coefficient (Wildman–Crippen LogP) is 2.72. The van der Waals surface area contributed by atoms with Gasteiger partial charge in [-0.25, -0.2) is 0 Å². The molecule has 1 unspecified atom stereocenters. The Morgan fingerprint density at radius 2 is 2.11 bits per heavy atom. The largest absolute Gasteiger partial charge is 0.492 e. The van der Waals surface area contributed by atoms with E-state index in [1.165, 1.54) is 0 Å². The highest BCUT2D eigenvalue weighted by Gasteiger charge is 2.31. The van der Waals surface area contributed by atoms with Gasteiger partial charge in [-0.3, -0.25) is 4.98 Å². The Morgan fingerprint density at radius 3 is 2.79 bits per heavy atom. The van der Waals surface area contributed by atoms with Crippen LogP contribution in [0.25, 0.3) is 0 Å². The minimum atomic E-state index is -0.458. The molecule has 2 rings (SSSR count). The number of pyridine rings is 1. The van der Waals surface area contributed by atoms with Crippen molar-refractivity contribution in [2.45, 2.75) is 45.3 Å².